The van der Waals surface area contributed by atoms with Crippen LogP contribution in [0.4, 0.5) is 4.79 Å². The van der Waals surface area contributed by atoms with Gasteiger partial charge < -0.3 is 14.8 Å². The van der Waals surface area contributed by atoms with Gasteiger partial charge in [0.1, 0.15) is 12.2 Å². The highest BCUT2D eigenvalue weighted by Gasteiger charge is 2.27. The van der Waals surface area contributed by atoms with Crippen molar-refractivity contribution in [3.8, 4) is 0 Å². The lowest BCUT2D eigenvalue weighted by molar-refractivity contribution is -0.149. The van der Waals surface area contributed by atoms with Crippen LogP contribution in [0.1, 0.15) is 72.6 Å². The largest absolute Gasteiger partial charge is 0.464 e. The van der Waals surface area contributed by atoms with Crippen molar-refractivity contribution in [1.82, 2.24) is 5.32 Å². The van der Waals surface area contributed by atoms with Gasteiger partial charge in [0.25, 0.3) is 0 Å². The number of ether oxygens (including phenoxy) is 2. The van der Waals surface area contributed by atoms with Crippen LogP contribution in [0.3, 0.4) is 0 Å². The molecule has 1 saturated carbocycles. The Bertz CT molecular complexity index is 368. The maximum atomic E-state index is 12.0. The molecule has 0 aromatic rings. The molecule has 0 heterocycles. The minimum absolute atomic E-state index is 0.0365. The van der Waals surface area contributed by atoms with Gasteiger partial charge in [0.05, 0.1) is 12.5 Å². The van der Waals surface area contributed by atoms with Crippen LogP contribution < -0.4 is 5.32 Å². The molecule has 0 aliphatic heterocycles. The number of carbonyl (C=O) groups is 2. The maximum Gasteiger partial charge on any atom is 0.407 e. The first-order valence-corrected chi connectivity index (χ1v) is 8.95. The average Bonchev–Trinajstić information content (AvgIpc) is 2.48. The molecule has 1 rings (SSSR count). The van der Waals surface area contributed by atoms with Gasteiger partial charge in [-0.3, -0.25) is 4.79 Å². The molecule has 1 fully saturated rings. The number of esters is 1. The topological polar surface area (TPSA) is 64.6 Å². The summed E-state index contributed by atoms with van der Waals surface area (Å²) in [6.07, 6.45) is 7.48. The fraction of sp³-hybridized carbons (Fsp3) is 0.889. The summed E-state index contributed by atoms with van der Waals surface area (Å²) in [5.41, 5.74) is -0.517. The van der Waals surface area contributed by atoms with Gasteiger partial charge in [-0.25, -0.2) is 4.79 Å². The third kappa shape index (κ3) is 8.82. The standard InChI is InChI=1S/C18H33NO4/c1-5-6-7-14-8-10-15(11-9-14)16(20)22-13-12-19-17(21)23-18(2,3)4/h14-15H,5-13H2,1-4H3,(H,19,21). The molecule has 0 spiro atoms. The van der Waals surface area contributed by atoms with E-state index in [9.17, 15) is 9.59 Å². The molecule has 134 valence electrons. The number of carbonyl (C=O) groups excluding carboxylic acids is 2. The second kappa shape index (κ2) is 9.78. The Kier molecular flexibility index (Phi) is 8.42. The van der Waals surface area contributed by atoms with Gasteiger partial charge >= 0.3 is 12.1 Å². The number of unbranched alkanes of at least 4 members (excludes halogenated alkanes) is 1. The number of hydrogen-bond acceptors (Lipinski definition) is 4. The minimum atomic E-state index is -0.517. The second-order valence-corrected chi connectivity index (χ2v) is 7.46. The van der Waals surface area contributed by atoms with Gasteiger partial charge in [0.2, 0.25) is 0 Å². The van der Waals surface area contributed by atoms with Crippen LogP contribution in [-0.4, -0.2) is 30.8 Å². The van der Waals surface area contributed by atoms with Crippen molar-refractivity contribution < 1.29 is 19.1 Å². The Morgan fingerprint density at radius 2 is 1.78 bits per heavy atom. The summed E-state index contributed by atoms with van der Waals surface area (Å²) >= 11 is 0. The highest BCUT2D eigenvalue weighted by Crippen LogP contribution is 2.32. The molecule has 1 aliphatic rings. The molecule has 0 aromatic carbocycles. The average molecular weight is 327 g/mol. The predicted molar refractivity (Wildman–Crippen MR) is 90.2 cm³/mol. The SMILES string of the molecule is CCCCC1CCC(C(=O)OCCNC(=O)OC(C)(C)C)CC1. The number of rotatable bonds is 7. The zero-order chi connectivity index (χ0) is 17.3. The zero-order valence-electron chi connectivity index (χ0n) is 15.2. The first-order chi connectivity index (χ1) is 10.8. The highest BCUT2D eigenvalue weighted by molar-refractivity contribution is 5.72. The quantitative estimate of drug-likeness (QED) is 0.566. The fourth-order valence-corrected chi connectivity index (χ4v) is 2.92. The van der Waals surface area contributed by atoms with Crippen LogP contribution in [0, 0.1) is 11.8 Å². The van der Waals surface area contributed by atoms with E-state index < -0.39 is 11.7 Å². The van der Waals surface area contributed by atoms with Crippen LogP contribution in [0.5, 0.6) is 0 Å². The summed E-state index contributed by atoms with van der Waals surface area (Å²) in [6.45, 7) is 8.13. The molecule has 0 radical (unpaired) electrons. The van der Waals surface area contributed by atoms with Gasteiger partial charge in [-0.1, -0.05) is 26.2 Å². The first-order valence-electron chi connectivity index (χ1n) is 8.95. The molecule has 5 heteroatoms. The van der Waals surface area contributed by atoms with E-state index >= 15 is 0 Å². The summed E-state index contributed by atoms with van der Waals surface area (Å²) in [5, 5.41) is 2.59. The molecule has 0 unspecified atom stereocenters. The summed E-state index contributed by atoms with van der Waals surface area (Å²) < 4.78 is 10.4. The van der Waals surface area contributed by atoms with E-state index in [4.69, 9.17) is 9.47 Å². The molecular formula is C18H33NO4. The highest BCUT2D eigenvalue weighted by atomic mass is 16.6. The third-order valence-electron chi connectivity index (χ3n) is 4.16. The van der Waals surface area contributed by atoms with Crippen molar-refractivity contribution in [3.05, 3.63) is 0 Å². The van der Waals surface area contributed by atoms with E-state index in [2.05, 4.69) is 12.2 Å². The van der Waals surface area contributed by atoms with Gasteiger partial charge in [-0.2, -0.15) is 0 Å². The van der Waals surface area contributed by atoms with E-state index in [1.807, 2.05) is 20.8 Å². The minimum Gasteiger partial charge on any atom is -0.464 e. The summed E-state index contributed by atoms with van der Waals surface area (Å²) in [7, 11) is 0. The molecule has 1 amide bonds. The summed E-state index contributed by atoms with van der Waals surface area (Å²) in [6, 6.07) is 0. The van der Waals surface area contributed by atoms with Crippen molar-refractivity contribution in [2.45, 2.75) is 78.2 Å². The van der Waals surface area contributed by atoms with Crippen LogP contribution in [0.15, 0.2) is 0 Å². The molecule has 0 saturated heterocycles. The van der Waals surface area contributed by atoms with E-state index in [1.54, 1.807) is 0 Å². The zero-order valence-corrected chi connectivity index (χ0v) is 15.2. The molecule has 0 bridgehead atoms. The molecule has 5 nitrogen and oxygen atoms in total. The summed E-state index contributed by atoms with van der Waals surface area (Å²) in [5.74, 6) is 0.701. The van der Waals surface area contributed by atoms with Crippen LogP contribution in [0.25, 0.3) is 0 Å². The monoisotopic (exact) mass is 327 g/mol. The van der Waals surface area contributed by atoms with Gasteiger partial charge in [-0.05, 0) is 52.4 Å². The fourth-order valence-electron chi connectivity index (χ4n) is 2.92. The molecular weight excluding hydrogens is 294 g/mol. The lowest BCUT2D eigenvalue weighted by atomic mass is 9.80. The van der Waals surface area contributed by atoms with Crippen LogP contribution >= 0.6 is 0 Å². The van der Waals surface area contributed by atoms with Gasteiger partial charge in [-0.15, -0.1) is 0 Å². The van der Waals surface area contributed by atoms with Gasteiger partial charge in [0.15, 0.2) is 0 Å². The van der Waals surface area contributed by atoms with E-state index in [0.29, 0.717) is 0 Å². The van der Waals surface area contributed by atoms with E-state index in [0.717, 1.165) is 31.6 Å². The van der Waals surface area contributed by atoms with Crippen molar-refractivity contribution in [1.29, 1.82) is 0 Å². The van der Waals surface area contributed by atoms with Crippen molar-refractivity contribution in [2.75, 3.05) is 13.2 Å². The van der Waals surface area contributed by atoms with Crippen LogP contribution in [0.2, 0.25) is 0 Å². The molecule has 0 aromatic heterocycles. The molecule has 23 heavy (non-hydrogen) atoms. The number of nitrogens with one attached hydrogen (secondary N) is 1. The van der Waals surface area contributed by atoms with Crippen molar-refractivity contribution >= 4 is 12.1 Å². The van der Waals surface area contributed by atoms with Crippen LogP contribution in [-0.2, 0) is 14.3 Å². The Balaban J connectivity index is 2.12. The lowest BCUT2D eigenvalue weighted by Gasteiger charge is -2.27. The first kappa shape index (κ1) is 19.8. The molecule has 1 aliphatic carbocycles. The Morgan fingerprint density at radius 1 is 1.13 bits per heavy atom. The van der Waals surface area contributed by atoms with Gasteiger partial charge in [0, 0.05) is 0 Å². The smallest absolute Gasteiger partial charge is 0.407 e. The number of amides is 1. The number of hydrogen-bond donors (Lipinski definition) is 1. The Hall–Kier alpha value is -1.26. The molecule has 1 N–H and O–H groups in total. The molecule has 0 atom stereocenters. The Labute approximate surface area is 140 Å². The second-order valence-electron chi connectivity index (χ2n) is 7.46. The third-order valence-corrected chi connectivity index (χ3v) is 4.16. The number of alkyl carbamates (subject to hydrolysis) is 1. The normalized spacial score (nSPS) is 21.6. The summed E-state index contributed by atoms with van der Waals surface area (Å²) in [4.78, 5) is 23.5. The maximum absolute atomic E-state index is 12.0. The van der Waals surface area contributed by atoms with E-state index in [-0.39, 0.29) is 25.0 Å². The van der Waals surface area contributed by atoms with Crippen molar-refractivity contribution in [2.24, 2.45) is 11.8 Å². The van der Waals surface area contributed by atoms with Crippen molar-refractivity contribution in [3.63, 3.8) is 0 Å². The lowest BCUT2D eigenvalue weighted by Crippen LogP contribution is -2.35. The predicted octanol–water partition coefficient (Wildman–Crippen LogP) is 4.05. The van der Waals surface area contributed by atoms with E-state index in [1.165, 1.54) is 19.3 Å². The Morgan fingerprint density at radius 3 is 2.35 bits per heavy atom.